The number of aromatic amines is 1. The molecule has 126 valence electrons. The van der Waals surface area contributed by atoms with Crippen LogP contribution in [0.1, 0.15) is 17.5 Å². The van der Waals surface area contributed by atoms with Gasteiger partial charge in [-0.2, -0.15) is 0 Å². The maximum atomic E-state index is 5.00. The van der Waals surface area contributed by atoms with E-state index in [1.54, 1.807) is 0 Å². The van der Waals surface area contributed by atoms with E-state index in [-0.39, 0.29) is 0 Å². The quantitative estimate of drug-likeness (QED) is 0.496. The minimum absolute atomic E-state index is 0.942. The molecule has 1 heterocycles. The van der Waals surface area contributed by atoms with Crippen LogP contribution in [0.4, 0.5) is 0 Å². The van der Waals surface area contributed by atoms with E-state index in [9.17, 15) is 0 Å². The van der Waals surface area contributed by atoms with Crippen molar-refractivity contribution in [1.29, 1.82) is 0 Å². The van der Waals surface area contributed by atoms with Crippen molar-refractivity contribution in [3.05, 3.63) is 90.0 Å². The fourth-order valence-corrected chi connectivity index (χ4v) is 3.85. The molecule has 0 bridgehead atoms. The van der Waals surface area contributed by atoms with Gasteiger partial charge in [-0.1, -0.05) is 72.8 Å². The number of hydrogen-bond acceptors (Lipinski definition) is 1. The highest BCUT2D eigenvalue weighted by atomic mass is 14.9. The van der Waals surface area contributed by atoms with Crippen LogP contribution in [0, 0.1) is 0 Å². The molecule has 2 nitrogen and oxygen atoms in total. The lowest BCUT2D eigenvalue weighted by atomic mass is 10.1. The van der Waals surface area contributed by atoms with Gasteiger partial charge >= 0.3 is 0 Å². The molecule has 0 radical (unpaired) electrons. The number of aryl methyl sites for hydroxylation is 2. The van der Waals surface area contributed by atoms with Gasteiger partial charge in [0.15, 0.2) is 0 Å². The lowest BCUT2D eigenvalue weighted by molar-refractivity contribution is 0.912. The van der Waals surface area contributed by atoms with Crippen LogP contribution in [0.2, 0.25) is 0 Å². The minimum Gasteiger partial charge on any atom is -0.337 e. The van der Waals surface area contributed by atoms with E-state index < -0.39 is 0 Å². The molecule has 2 heteroatoms. The molecule has 0 aliphatic heterocycles. The van der Waals surface area contributed by atoms with Gasteiger partial charge < -0.3 is 4.98 Å². The van der Waals surface area contributed by atoms with Crippen LogP contribution in [0.15, 0.2) is 78.9 Å². The van der Waals surface area contributed by atoms with Crippen LogP contribution in [0.5, 0.6) is 0 Å². The number of rotatable bonds is 3. The Morgan fingerprint density at radius 1 is 0.654 bits per heavy atom. The number of nitrogens with zero attached hydrogens (tertiary/aromatic N) is 1. The van der Waals surface area contributed by atoms with Crippen LogP contribution in [-0.4, -0.2) is 9.97 Å². The third-order valence-electron chi connectivity index (χ3n) is 5.19. The molecule has 0 saturated heterocycles. The third-order valence-corrected chi connectivity index (χ3v) is 5.19. The standard InChI is InChI=1S/C24H20N2/c1-3-8-18(9-4-1)22-23(19-10-5-2-6-11-19)26-24(25-22)21-15-14-17-12-7-13-20(17)16-21/h1-6,8-11,14-16H,7,12-13H2,(H,25,26). The van der Waals surface area contributed by atoms with Crippen LogP contribution in [0.25, 0.3) is 33.9 Å². The third kappa shape index (κ3) is 2.64. The zero-order valence-electron chi connectivity index (χ0n) is 14.6. The summed E-state index contributed by atoms with van der Waals surface area (Å²) in [4.78, 5) is 8.59. The van der Waals surface area contributed by atoms with Gasteiger partial charge in [-0.05, 0) is 36.5 Å². The smallest absolute Gasteiger partial charge is 0.138 e. The highest BCUT2D eigenvalue weighted by Crippen LogP contribution is 2.34. The zero-order valence-corrected chi connectivity index (χ0v) is 14.6. The molecule has 1 N–H and O–H groups in total. The Kier molecular flexibility index (Phi) is 3.67. The summed E-state index contributed by atoms with van der Waals surface area (Å²) in [6.45, 7) is 0. The predicted molar refractivity (Wildman–Crippen MR) is 107 cm³/mol. The highest BCUT2D eigenvalue weighted by Gasteiger charge is 2.17. The summed E-state index contributed by atoms with van der Waals surface area (Å²) in [7, 11) is 0. The second kappa shape index (κ2) is 6.30. The van der Waals surface area contributed by atoms with Crippen molar-refractivity contribution in [3.63, 3.8) is 0 Å². The summed E-state index contributed by atoms with van der Waals surface area (Å²) < 4.78 is 0. The van der Waals surface area contributed by atoms with Gasteiger partial charge in [0.25, 0.3) is 0 Å². The van der Waals surface area contributed by atoms with Gasteiger partial charge in [0.1, 0.15) is 5.82 Å². The van der Waals surface area contributed by atoms with Gasteiger partial charge in [0.05, 0.1) is 11.4 Å². The van der Waals surface area contributed by atoms with Crippen molar-refractivity contribution in [2.75, 3.05) is 0 Å². The number of fused-ring (bicyclic) bond motifs is 1. The Morgan fingerprint density at radius 3 is 2.12 bits per heavy atom. The first-order valence-electron chi connectivity index (χ1n) is 9.21. The van der Waals surface area contributed by atoms with Crippen molar-refractivity contribution in [2.24, 2.45) is 0 Å². The Balaban J connectivity index is 1.67. The molecule has 0 amide bonds. The molecule has 3 aromatic carbocycles. The summed E-state index contributed by atoms with van der Waals surface area (Å²) in [5, 5.41) is 0. The van der Waals surface area contributed by atoms with E-state index in [4.69, 9.17) is 4.98 Å². The summed E-state index contributed by atoms with van der Waals surface area (Å²) in [5.41, 5.74) is 8.51. The molecular formula is C24H20N2. The van der Waals surface area contributed by atoms with Gasteiger partial charge in [-0.25, -0.2) is 4.98 Å². The van der Waals surface area contributed by atoms with Crippen molar-refractivity contribution in [3.8, 4) is 33.9 Å². The van der Waals surface area contributed by atoms with E-state index in [2.05, 4.69) is 71.7 Å². The molecule has 0 spiro atoms. The number of nitrogens with one attached hydrogen (secondary N) is 1. The van der Waals surface area contributed by atoms with Crippen molar-refractivity contribution in [2.45, 2.75) is 19.3 Å². The summed E-state index contributed by atoms with van der Waals surface area (Å²) >= 11 is 0. The van der Waals surface area contributed by atoms with Crippen LogP contribution >= 0.6 is 0 Å². The van der Waals surface area contributed by atoms with Crippen LogP contribution in [0.3, 0.4) is 0 Å². The fraction of sp³-hybridized carbons (Fsp3) is 0.125. The Bertz CT molecular complexity index is 989. The Morgan fingerprint density at radius 2 is 1.35 bits per heavy atom. The normalized spacial score (nSPS) is 12.9. The van der Waals surface area contributed by atoms with Gasteiger partial charge in [-0.3, -0.25) is 0 Å². The monoisotopic (exact) mass is 336 g/mol. The lowest BCUT2D eigenvalue weighted by Crippen LogP contribution is -1.86. The van der Waals surface area contributed by atoms with Crippen molar-refractivity contribution >= 4 is 0 Å². The molecule has 4 aromatic rings. The average Bonchev–Trinajstić information content (AvgIpc) is 3.36. The number of hydrogen-bond donors (Lipinski definition) is 1. The first-order chi connectivity index (χ1) is 12.9. The minimum atomic E-state index is 0.942. The largest absolute Gasteiger partial charge is 0.337 e. The highest BCUT2D eigenvalue weighted by molar-refractivity contribution is 5.81. The number of imidazole rings is 1. The van der Waals surface area contributed by atoms with E-state index in [1.807, 2.05) is 12.1 Å². The van der Waals surface area contributed by atoms with E-state index >= 15 is 0 Å². The first kappa shape index (κ1) is 15.2. The molecule has 0 atom stereocenters. The van der Waals surface area contributed by atoms with Crippen molar-refractivity contribution in [1.82, 2.24) is 9.97 Å². The van der Waals surface area contributed by atoms with Gasteiger partial charge in [-0.15, -0.1) is 0 Å². The van der Waals surface area contributed by atoms with Crippen LogP contribution < -0.4 is 0 Å². The molecule has 0 fully saturated rings. The maximum absolute atomic E-state index is 5.00. The predicted octanol–water partition coefficient (Wildman–Crippen LogP) is 5.90. The molecule has 0 unspecified atom stereocenters. The second-order valence-electron chi connectivity index (χ2n) is 6.88. The number of aromatic nitrogens is 2. The van der Waals surface area contributed by atoms with E-state index in [1.165, 1.54) is 36.0 Å². The molecule has 26 heavy (non-hydrogen) atoms. The molecule has 1 aromatic heterocycles. The topological polar surface area (TPSA) is 28.7 Å². The Hall–Kier alpha value is -3.13. The SMILES string of the molecule is c1ccc(-c2nc(-c3ccc4c(c3)CCC4)[nH]c2-c2ccccc2)cc1. The van der Waals surface area contributed by atoms with Crippen LogP contribution in [-0.2, 0) is 12.8 Å². The summed E-state index contributed by atoms with van der Waals surface area (Å²) in [6, 6.07) is 27.6. The molecule has 5 rings (SSSR count). The lowest BCUT2D eigenvalue weighted by Gasteiger charge is -2.02. The zero-order chi connectivity index (χ0) is 17.3. The van der Waals surface area contributed by atoms with E-state index in [0.29, 0.717) is 0 Å². The van der Waals surface area contributed by atoms with E-state index in [0.717, 1.165) is 28.3 Å². The first-order valence-corrected chi connectivity index (χ1v) is 9.21. The molecule has 1 aliphatic carbocycles. The van der Waals surface area contributed by atoms with Crippen molar-refractivity contribution < 1.29 is 0 Å². The Labute approximate surface area is 153 Å². The molecule has 1 aliphatic rings. The van der Waals surface area contributed by atoms with Gasteiger partial charge in [0.2, 0.25) is 0 Å². The molecule has 0 saturated carbocycles. The summed E-state index contributed by atoms with van der Waals surface area (Å²) in [5.74, 6) is 0.942. The second-order valence-corrected chi connectivity index (χ2v) is 6.88. The fourth-order valence-electron chi connectivity index (χ4n) is 3.85. The molecular weight excluding hydrogens is 316 g/mol. The number of benzene rings is 3. The van der Waals surface area contributed by atoms with Gasteiger partial charge in [0, 0.05) is 16.7 Å². The number of H-pyrrole nitrogens is 1. The average molecular weight is 336 g/mol. The maximum Gasteiger partial charge on any atom is 0.138 e. The summed E-state index contributed by atoms with van der Waals surface area (Å²) in [6.07, 6.45) is 3.65.